The molecule has 1 heterocycles. The molecule has 0 atom stereocenters. The zero-order valence-corrected chi connectivity index (χ0v) is 7.26. The molecule has 0 amide bonds. The summed E-state index contributed by atoms with van der Waals surface area (Å²) in [6.07, 6.45) is 0. The van der Waals surface area contributed by atoms with Crippen LogP contribution in [0.4, 0.5) is 16.2 Å². The Bertz CT molecular complexity index is 354. The molecule has 0 aliphatic rings. The van der Waals surface area contributed by atoms with Crippen LogP contribution >= 0.6 is 15.9 Å². The van der Waals surface area contributed by atoms with E-state index in [0.29, 0.717) is 0 Å². The number of hydrogen-bond acceptors (Lipinski definition) is 5. The van der Waals surface area contributed by atoms with E-state index < -0.39 is 31.0 Å². The second kappa shape index (κ2) is 3.05. The van der Waals surface area contributed by atoms with E-state index in [1.165, 1.54) is 0 Å². The SMILES string of the molecule is O=[N+]([O-])c1nc([N+](=O)[O-])n(F)c1Br. The average Bonchev–Trinajstić information content (AvgIpc) is 2.29. The molecule has 0 aliphatic carbocycles. The minimum absolute atomic E-state index is 0.516. The highest BCUT2D eigenvalue weighted by atomic mass is 79.9. The molecule has 8 nitrogen and oxygen atoms in total. The van der Waals surface area contributed by atoms with Crippen LogP contribution in [0.5, 0.6) is 0 Å². The van der Waals surface area contributed by atoms with Gasteiger partial charge >= 0.3 is 11.8 Å². The predicted molar refractivity (Wildman–Crippen MR) is 39.7 cm³/mol. The molecule has 0 radical (unpaired) electrons. The minimum Gasteiger partial charge on any atom is -0.390 e. The number of imidazole rings is 1. The fourth-order valence-electron chi connectivity index (χ4n) is 0.589. The lowest BCUT2D eigenvalue weighted by atomic mass is 10.8. The first kappa shape index (κ1) is 9.51. The second-order valence-electron chi connectivity index (χ2n) is 1.82. The highest BCUT2D eigenvalue weighted by Crippen LogP contribution is 2.28. The van der Waals surface area contributed by atoms with Crippen molar-refractivity contribution in [3.05, 3.63) is 24.8 Å². The molecule has 0 saturated heterocycles. The van der Waals surface area contributed by atoms with Gasteiger partial charge in [-0.25, -0.2) is 0 Å². The van der Waals surface area contributed by atoms with Crippen LogP contribution in [0.15, 0.2) is 4.60 Å². The molecule has 70 valence electrons. The number of halogens is 2. The Morgan fingerprint density at radius 1 is 1.38 bits per heavy atom. The monoisotopic (exact) mass is 254 g/mol. The van der Waals surface area contributed by atoms with Crippen LogP contribution in [0.1, 0.15) is 0 Å². The van der Waals surface area contributed by atoms with E-state index in [0.717, 1.165) is 0 Å². The van der Waals surface area contributed by atoms with Gasteiger partial charge < -0.3 is 20.2 Å². The van der Waals surface area contributed by atoms with Crippen molar-refractivity contribution in [2.45, 2.75) is 0 Å². The summed E-state index contributed by atoms with van der Waals surface area (Å²) < 4.78 is 12.0. The maximum Gasteiger partial charge on any atom is 0.473 e. The van der Waals surface area contributed by atoms with Crippen LogP contribution in [0.3, 0.4) is 0 Å². The van der Waals surface area contributed by atoms with Gasteiger partial charge in [-0.3, -0.25) is 0 Å². The molecule has 1 aromatic rings. The van der Waals surface area contributed by atoms with E-state index in [1.54, 1.807) is 0 Å². The molecular formula is C3BrFN4O4. The van der Waals surface area contributed by atoms with Gasteiger partial charge in [-0.05, 0) is 24.1 Å². The Labute approximate surface area is 77.3 Å². The van der Waals surface area contributed by atoms with Gasteiger partial charge in [0.15, 0.2) is 0 Å². The summed E-state index contributed by atoms with van der Waals surface area (Å²) in [5.74, 6) is -2.17. The number of nitro groups is 2. The standard InChI is InChI=1S/C3BrFN4O4/c4-1-2(8(10)11)6-3(7(1)5)9(12)13. The van der Waals surface area contributed by atoms with Crippen LogP contribution in [-0.2, 0) is 0 Å². The first-order valence-corrected chi connectivity index (χ1v) is 3.47. The van der Waals surface area contributed by atoms with Crippen molar-refractivity contribution in [1.29, 1.82) is 0 Å². The molecule has 13 heavy (non-hydrogen) atoms. The van der Waals surface area contributed by atoms with Gasteiger partial charge in [0, 0.05) is 15.9 Å². The molecule has 0 aliphatic heterocycles. The average molecular weight is 255 g/mol. The molecule has 0 saturated carbocycles. The maximum absolute atomic E-state index is 12.7. The summed E-state index contributed by atoms with van der Waals surface area (Å²) in [7, 11) is 0. The van der Waals surface area contributed by atoms with E-state index >= 15 is 0 Å². The normalized spacial score (nSPS) is 10.0. The van der Waals surface area contributed by atoms with Crippen molar-refractivity contribution in [3.8, 4) is 0 Å². The van der Waals surface area contributed by atoms with E-state index in [-0.39, 0.29) is 0 Å². The van der Waals surface area contributed by atoms with Crippen LogP contribution in [-0.4, -0.2) is 19.6 Å². The van der Waals surface area contributed by atoms with E-state index in [1.807, 2.05) is 0 Å². The second-order valence-corrected chi connectivity index (χ2v) is 2.57. The summed E-state index contributed by atoms with van der Waals surface area (Å²) in [5, 5.41) is 20.2. The van der Waals surface area contributed by atoms with Crippen molar-refractivity contribution >= 4 is 27.7 Å². The van der Waals surface area contributed by atoms with E-state index in [9.17, 15) is 24.7 Å². The largest absolute Gasteiger partial charge is 0.473 e. The Morgan fingerprint density at radius 3 is 2.15 bits per heavy atom. The third-order valence-electron chi connectivity index (χ3n) is 1.07. The summed E-state index contributed by atoms with van der Waals surface area (Å²) in [4.78, 5) is 20.3. The van der Waals surface area contributed by atoms with Gasteiger partial charge in [-0.15, -0.1) is 0 Å². The summed E-state index contributed by atoms with van der Waals surface area (Å²) in [6, 6.07) is 0. The fourth-order valence-corrected chi connectivity index (χ4v) is 0.981. The smallest absolute Gasteiger partial charge is 0.390 e. The number of aromatic nitrogens is 2. The first-order chi connectivity index (χ1) is 5.95. The van der Waals surface area contributed by atoms with Gasteiger partial charge in [0.2, 0.25) is 0 Å². The fraction of sp³-hybridized carbons (Fsp3) is 0. The number of hydrogen-bond donors (Lipinski definition) is 0. The molecular weight excluding hydrogens is 255 g/mol. The van der Waals surface area contributed by atoms with Gasteiger partial charge in [0.25, 0.3) is 4.60 Å². The quantitative estimate of drug-likeness (QED) is 0.583. The number of rotatable bonds is 2. The van der Waals surface area contributed by atoms with Crippen LogP contribution < -0.4 is 0 Å². The Balaban J connectivity index is 3.36. The van der Waals surface area contributed by atoms with Crippen molar-refractivity contribution in [3.63, 3.8) is 0 Å². The Morgan fingerprint density at radius 2 is 1.92 bits per heavy atom. The Kier molecular flexibility index (Phi) is 2.23. The first-order valence-electron chi connectivity index (χ1n) is 2.68. The lowest BCUT2D eigenvalue weighted by Crippen LogP contribution is -1.94. The van der Waals surface area contributed by atoms with Crippen molar-refractivity contribution in [2.75, 3.05) is 0 Å². The summed E-state index contributed by atoms with van der Waals surface area (Å²) in [6.45, 7) is 0. The molecule has 0 N–H and O–H groups in total. The third kappa shape index (κ3) is 1.47. The maximum atomic E-state index is 12.7. The lowest BCUT2D eigenvalue weighted by Gasteiger charge is -1.87. The highest BCUT2D eigenvalue weighted by Gasteiger charge is 2.30. The summed E-state index contributed by atoms with van der Waals surface area (Å²) >= 11 is 2.45. The molecule has 0 unspecified atom stereocenters. The zero-order valence-electron chi connectivity index (χ0n) is 5.68. The molecule has 0 bridgehead atoms. The van der Waals surface area contributed by atoms with Crippen LogP contribution in [0, 0.1) is 20.2 Å². The lowest BCUT2D eigenvalue weighted by molar-refractivity contribution is -0.405. The van der Waals surface area contributed by atoms with Gasteiger partial charge in [0.05, 0.1) is 0 Å². The molecule has 1 aromatic heterocycles. The Hall–Kier alpha value is -1.58. The van der Waals surface area contributed by atoms with Crippen molar-refractivity contribution < 1.29 is 14.3 Å². The zero-order chi connectivity index (χ0) is 10.2. The van der Waals surface area contributed by atoms with E-state index in [4.69, 9.17) is 0 Å². The molecule has 1 rings (SSSR count). The molecule has 0 spiro atoms. The predicted octanol–water partition coefficient (Wildman–Crippen LogP) is 1.19. The minimum atomic E-state index is -1.24. The van der Waals surface area contributed by atoms with Gasteiger partial charge in [-0.1, -0.05) is 0 Å². The van der Waals surface area contributed by atoms with Crippen LogP contribution in [0.2, 0.25) is 0 Å². The number of nitrogens with zero attached hydrogens (tertiary/aromatic N) is 4. The summed E-state index contributed by atoms with van der Waals surface area (Å²) in [5.41, 5.74) is 0. The topological polar surface area (TPSA) is 104 Å². The molecule has 0 aromatic carbocycles. The third-order valence-corrected chi connectivity index (χ3v) is 1.74. The van der Waals surface area contributed by atoms with E-state index in [2.05, 4.69) is 20.9 Å². The highest BCUT2D eigenvalue weighted by molar-refractivity contribution is 9.10. The van der Waals surface area contributed by atoms with Crippen molar-refractivity contribution in [2.24, 2.45) is 0 Å². The van der Waals surface area contributed by atoms with Crippen molar-refractivity contribution in [1.82, 2.24) is 9.77 Å². The molecule has 0 fully saturated rings. The van der Waals surface area contributed by atoms with Gasteiger partial charge in [0.1, 0.15) is 0 Å². The molecule has 10 heteroatoms. The van der Waals surface area contributed by atoms with Crippen LogP contribution in [0.25, 0.3) is 0 Å². The van der Waals surface area contributed by atoms with Gasteiger partial charge in [-0.2, -0.15) is 0 Å².